The summed E-state index contributed by atoms with van der Waals surface area (Å²) in [5.74, 6) is 1.12. The maximum atomic E-state index is 12.6. The lowest BCUT2D eigenvalue weighted by Gasteiger charge is -2.36. The molecule has 8 nitrogen and oxygen atoms in total. The molecule has 0 radical (unpaired) electrons. The van der Waals surface area contributed by atoms with Gasteiger partial charge in [0.1, 0.15) is 11.9 Å². The third kappa shape index (κ3) is 4.26. The maximum Gasteiger partial charge on any atom is 0.234 e. The summed E-state index contributed by atoms with van der Waals surface area (Å²) in [6.07, 6.45) is 5.02. The molecule has 3 heterocycles. The van der Waals surface area contributed by atoms with Crippen LogP contribution in [0, 0.1) is 13.8 Å². The van der Waals surface area contributed by atoms with E-state index in [4.69, 9.17) is 4.74 Å². The van der Waals surface area contributed by atoms with Gasteiger partial charge in [-0.1, -0.05) is 42.1 Å². The number of carbonyl (C=O) groups is 1. The van der Waals surface area contributed by atoms with Crippen molar-refractivity contribution in [1.29, 1.82) is 0 Å². The van der Waals surface area contributed by atoms with Crippen LogP contribution >= 0.6 is 11.8 Å². The van der Waals surface area contributed by atoms with Gasteiger partial charge in [-0.2, -0.15) is 5.10 Å². The number of fused-ring (bicyclic) bond motifs is 3. The number of amides is 1. The van der Waals surface area contributed by atoms with Gasteiger partial charge < -0.3 is 20.0 Å². The number of nitrogens with one attached hydrogen (secondary N) is 3. The number of hydrazine groups is 1. The average Bonchev–Trinajstić information content (AvgIpc) is 3.44. The Morgan fingerprint density at radius 1 is 1.18 bits per heavy atom. The minimum Gasteiger partial charge on any atom is -0.497 e. The topological polar surface area (TPSA) is 81.2 Å². The van der Waals surface area contributed by atoms with Gasteiger partial charge in [0.05, 0.1) is 24.9 Å². The van der Waals surface area contributed by atoms with E-state index in [1.807, 2.05) is 56.6 Å². The van der Waals surface area contributed by atoms with Crippen molar-refractivity contribution in [2.24, 2.45) is 5.10 Å². The van der Waals surface area contributed by atoms with Gasteiger partial charge in [0.15, 0.2) is 5.17 Å². The van der Waals surface area contributed by atoms with Crippen LogP contribution in [0.2, 0.25) is 0 Å². The molecule has 3 unspecified atom stereocenters. The van der Waals surface area contributed by atoms with Crippen LogP contribution in [-0.2, 0) is 4.79 Å². The first-order chi connectivity index (χ1) is 16.0. The van der Waals surface area contributed by atoms with Gasteiger partial charge in [-0.15, -0.1) is 0 Å². The van der Waals surface area contributed by atoms with Crippen molar-refractivity contribution in [3.8, 4) is 5.75 Å². The molecular weight excluding hydrogens is 436 g/mol. The molecule has 2 aromatic rings. The molecule has 3 aliphatic heterocycles. The summed E-state index contributed by atoms with van der Waals surface area (Å²) in [5.41, 5.74) is 11.1. The molecular formula is C24H28N6O2S. The highest BCUT2D eigenvalue weighted by molar-refractivity contribution is 8.14. The lowest BCUT2D eigenvalue weighted by Crippen LogP contribution is -2.54. The van der Waals surface area contributed by atoms with Crippen LogP contribution in [0.15, 0.2) is 60.0 Å². The number of ether oxygens (including phenoxy) is 1. The average molecular weight is 465 g/mol. The van der Waals surface area contributed by atoms with E-state index in [0.717, 1.165) is 34.2 Å². The normalized spacial score (nSPS) is 23.0. The number of hydrogen-bond donors (Lipinski definition) is 3. The summed E-state index contributed by atoms with van der Waals surface area (Å²) >= 11 is 1.44. The predicted molar refractivity (Wildman–Crippen MR) is 131 cm³/mol. The fraction of sp³-hybridized carbons (Fsp3) is 0.333. The van der Waals surface area contributed by atoms with Crippen LogP contribution in [0.25, 0.3) is 0 Å². The third-order valence-electron chi connectivity index (χ3n) is 6.30. The molecule has 0 saturated carbocycles. The first-order valence-corrected chi connectivity index (χ1v) is 12.0. The molecule has 0 aromatic heterocycles. The lowest BCUT2D eigenvalue weighted by molar-refractivity contribution is -0.113. The summed E-state index contributed by atoms with van der Waals surface area (Å²) in [5, 5.41) is 10.5. The Kier molecular flexibility index (Phi) is 5.90. The van der Waals surface area contributed by atoms with Crippen molar-refractivity contribution >= 4 is 28.5 Å². The van der Waals surface area contributed by atoms with Gasteiger partial charge in [-0.05, 0) is 49.1 Å². The molecule has 3 atom stereocenters. The molecule has 0 spiro atoms. The van der Waals surface area contributed by atoms with Gasteiger partial charge in [0.2, 0.25) is 5.91 Å². The van der Waals surface area contributed by atoms with Crippen molar-refractivity contribution in [3.63, 3.8) is 0 Å². The predicted octanol–water partition coefficient (Wildman–Crippen LogP) is 3.29. The van der Waals surface area contributed by atoms with Gasteiger partial charge >= 0.3 is 0 Å². The second-order valence-corrected chi connectivity index (χ2v) is 9.39. The van der Waals surface area contributed by atoms with Crippen LogP contribution < -0.4 is 20.9 Å². The number of hydrogen-bond acceptors (Lipinski definition) is 8. The molecule has 2 aromatic carbocycles. The van der Waals surface area contributed by atoms with E-state index in [-0.39, 0.29) is 24.2 Å². The highest BCUT2D eigenvalue weighted by atomic mass is 32.2. The minimum absolute atomic E-state index is 0.0231. The Morgan fingerprint density at radius 2 is 1.94 bits per heavy atom. The molecule has 0 bridgehead atoms. The molecule has 9 heteroatoms. The van der Waals surface area contributed by atoms with Crippen molar-refractivity contribution in [2.75, 3.05) is 18.2 Å². The van der Waals surface area contributed by atoms with Gasteiger partial charge in [0.25, 0.3) is 0 Å². The van der Waals surface area contributed by atoms with Crippen molar-refractivity contribution in [1.82, 2.24) is 20.8 Å². The zero-order valence-electron chi connectivity index (χ0n) is 18.9. The Labute approximate surface area is 198 Å². The summed E-state index contributed by atoms with van der Waals surface area (Å²) in [6, 6.07) is 14.6. The molecule has 1 saturated heterocycles. The van der Waals surface area contributed by atoms with Crippen LogP contribution in [0.1, 0.15) is 29.2 Å². The largest absolute Gasteiger partial charge is 0.497 e. The number of aryl methyl sites for hydroxylation is 2. The Bertz CT molecular complexity index is 1080. The molecule has 0 aliphatic carbocycles. The number of carbonyl (C=O) groups excluding carboxylic acids is 1. The first-order valence-electron chi connectivity index (χ1n) is 11.0. The van der Waals surface area contributed by atoms with Gasteiger partial charge in [-0.3, -0.25) is 10.2 Å². The van der Waals surface area contributed by atoms with Crippen molar-refractivity contribution in [3.05, 3.63) is 71.6 Å². The number of para-hydroxylation sites is 1. The molecule has 3 N–H and O–H groups in total. The van der Waals surface area contributed by atoms with E-state index < -0.39 is 0 Å². The monoisotopic (exact) mass is 464 g/mol. The summed E-state index contributed by atoms with van der Waals surface area (Å²) in [4.78, 5) is 14.7. The molecule has 5 rings (SSSR count). The minimum atomic E-state index is -0.0340. The standard InChI is InChI=1S/C24H28N6O2S/c1-15-5-4-6-16(2)22(15)25-21(31)14-33-24-27-26-23-20-13-19(28-30(20)12-11-29(23)24)17-7-9-18(32-3)10-8-17/h4-12,19-20,23,26,28H,13-14H2,1-3H3,(H,25,31). The van der Waals surface area contributed by atoms with Gasteiger partial charge in [-0.25, -0.2) is 5.43 Å². The summed E-state index contributed by atoms with van der Waals surface area (Å²) in [7, 11) is 1.68. The van der Waals surface area contributed by atoms with Crippen LogP contribution in [-0.4, -0.2) is 46.1 Å². The number of amidine groups is 1. The van der Waals surface area contributed by atoms with E-state index in [2.05, 4.69) is 43.3 Å². The summed E-state index contributed by atoms with van der Waals surface area (Å²) < 4.78 is 5.27. The quantitative estimate of drug-likeness (QED) is 0.627. The summed E-state index contributed by atoms with van der Waals surface area (Å²) in [6.45, 7) is 4.01. The Hall–Kier alpha value is -3.17. The fourth-order valence-electron chi connectivity index (χ4n) is 4.52. The van der Waals surface area contributed by atoms with Crippen LogP contribution in [0.5, 0.6) is 5.75 Å². The van der Waals surface area contributed by atoms with E-state index in [9.17, 15) is 4.79 Å². The molecule has 1 amide bonds. The molecule has 172 valence electrons. The Morgan fingerprint density at radius 3 is 2.67 bits per heavy atom. The number of methoxy groups -OCH3 is 1. The zero-order valence-corrected chi connectivity index (χ0v) is 19.7. The number of anilines is 1. The second kappa shape index (κ2) is 8.99. The zero-order chi connectivity index (χ0) is 22.9. The second-order valence-electron chi connectivity index (χ2n) is 8.44. The van der Waals surface area contributed by atoms with E-state index in [1.54, 1.807) is 7.11 Å². The van der Waals surface area contributed by atoms with Crippen molar-refractivity contribution < 1.29 is 9.53 Å². The van der Waals surface area contributed by atoms with Crippen LogP contribution in [0.4, 0.5) is 5.69 Å². The molecule has 3 aliphatic rings. The van der Waals surface area contributed by atoms with E-state index in [0.29, 0.717) is 5.75 Å². The number of hydrazone groups is 1. The SMILES string of the molecule is COc1ccc(C2CC3C4NN=C(SCC(=O)Nc5c(C)cccc5C)N4C=CN3N2)cc1. The fourth-order valence-corrected chi connectivity index (χ4v) is 5.29. The van der Waals surface area contributed by atoms with E-state index >= 15 is 0 Å². The number of thioether (sulfide) groups is 1. The van der Waals surface area contributed by atoms with Crippen molar-refractivity contribution in [2.45, 2.75) is 38.5 Å². The number of nitrogens with zero attached hydrogens (tertiary/aromatic N) is 3. The van der Waals surface area contributed by atoms with E-state index in [1.165, 1.54) is 17.3 Å². The first kappa shape index (κ1) is 21.7. The number of benzene rings is 2. The highest BCUT2D eigenvalue weighted by Crippen LogP contribution is 2.35. The smallest absolute Gasteiger partial charge is 0.234 e. The lowest BCUT2D eigenvalue weighted by atomic mass is 10.00. The molecule has 1 fully saturated rings. The number of rotatable bonds is 5. The van der Waals surface area contributed by atoms with Crippen LogP contribution in [0.3, 0.4) is 0 Å². The van der Waals surface area contributed by atoms with Gasteiger partial charge in [0, 0.05) is 18.1 Å². The molecule has 33 heavy (non-hydrogen) atoms. The third-order valence-corrected chi connectivity index (χ3v) is 7.27. The highest BCUT2D eigenvalue weighted by Gasteiger charge is 2.44. The Balaban J connectivity index is 1.19. The maximum absolute atomic E-state index is 12.6.